The second-order valence-corrected chi connectivity index (χ2v) is 10.1. The maximum absolute atomic E-state index is 12.9. The van der Waals surface area contributed by atoms with Gasteiger partial charge in [-0.15, -0.1) is 0 Å². The van der Waals surface area contributed by atoms with Crippen molar-refractivity contribution in [1.82, 2.24) is 14.9 Å². The predicted octanol–water partition coefficient (Wildman–Crippen LogP) is 2.25. The molecule has 0 aliphatic carbocycles. The van der Waals surface area contributed by atoms with Gasteiger partial charge in [0.25, 0.3) is 0 Å². The monoisotopic (exact) mass is 493 g/mol. The lowest BCUT2D eigenvalue weighted by atomic mass is 10.2. The summed E-state index contributed by atoms with van der Waals surface area (Å²) in [7, 11) is -3.88. The number of rotatable bonds is 10. The van der Waals surface area contributed by atoms with Crippen LogP contribution in [0.5, 0.6) is 0 Å². The number of amides is 2. The molecule has 1 aliphatic rings. The van der Waals surface area contributed by atoms with Gasteiger partial charge in [-0.05, 0) is 43.5 Å². The van der Waals surface area contributed by atoms with Crippen LogP contribution >= 0.6 is 11.6 Å². The van der Waals surface area contributed by atoms with Gasteiger partial charge in [-0.25, -0.2) is 13.1 Å². The van der Waals surface area contributed by atoms with Gasteiger partial charge >= 0.3 is 0 Å². The third-order valence-electron chi connectivity index (χ3n) is 5.30. The highest BCUT2D eigenvalue weighted by molar-refractivity contribution is 7.89. The summed E-state index contributed by atoms with van der Waals surface area (Å²) in [5.41, 5.74) is 1.57. The lowest BCUT2D eigenvalue weighted by Crippen LogP contribution is -2.45. The summed E-state index contributed by atoms with van der Waals surface area (Å²) in [6.45, 7) is 2.25. The summed E-state index contributed by atoms with van der Waals surface area (Å²) in [5.74, 6) is -0.898. The van der Waals surface area contributed by atoms with E-state index in [9.17, 15) is 18.0 Å². The van der Waals surface area contributed by atoms with Gasteiger partial charge in [0.1, 0.15) is 0 Å². The fourth-order valence-electron chi connectivity index (χ4n) is 3.40. The molecule has 0 saturated carbocycles. The molecule has 0 spiro atoms. The van der Waals surface area contributed by atoms with E-state index in [-0.39, 0.29) is 30.0 Å². The molecule has 2 aromatic carbocycles. The SMILES string of the molecule is Cc1ccc(S(=O)(=O)NCC(=O)N(CC(=O)NC[C@@H]2CCCO2)Cc2ccccc2Cl)cc1. The van der Waals surface area contributed by atoms with Gasteiger partial charge in [0.15, 0.2) is 0 Å². The van der Waals surface area contributed by atoms with Gasteiger partial charge in [-0.3, -0.25) is 9.59 Å². The number of sulfonamides is 1. The van der Waals surface area contributed by atoms with Crippen molar-refractivity contribution in [2.24, 2.45) is 0 Å². The summed E-state index contributed by atoms with van der Waals surface area (Å²) in [6.07, 6.45) is 1.81. The van der Waals surface area contributed by atoms with Crippen LogP contribution in [0.15, 0.2) is 53.4 Å². The Hall–Kier alpha value is -2.46. The Bertz CT molecular complexity index is 1070. The first-order valence-electron chi connectivity index (χ1n) is 10.7. The molecule has 33 heavy (non-hydrogen) atoms. The van der Waals surface area contributed by atoms with Crippen LogP contribution < -0.4 is 10.0 Å². The number of nitrogens with one attached hydrogen (secondary N) is 2. The minimum atomic E-state index is -3.88. The van der Waals surface area contributed by atoms with Crippen molar-refractivity contribution in [2.75, 3.05) is 26.2 Å². The Morgan fingerprint density at radius 2 is 1.88 bits per heavy atom. The first kappa shape index (κ1) is 25.2. The van der Waals surface area contributed by atoms with Crippen molar-refractivity contribution in [3.8, 4) is 0 Å². The minimum Gasteiger partial charge on any atom is -0.376 e. The Balaban J connectivity index is 1.66. The van der Waals surface area contributed by atoms with E-state index in [0.29, 0.717) is 23.7 Å². The van der Waals surface area contributed by atoms with Gasteiger partial charge in [-0.1, -0.05) is 47.5 Å². The zero-order valence-corrected chi connectivity index (χ0v) is 20.0. The topological polar surface area (TPSA) is 105 Å². The first-order chi connectivity index (χ1) is 15.7. The van der Waals surface area contributed by atoms with Gasteiger partial charge in [-0.2, -0.15) is 0 Å². The van der Waals surface area contributed by atoms with Crippen molar-refractivity contribution < 1.29 is 22.7 Å². The summed E-state index contributed by atoms with van der Waals surface area (Å²) in [4.78, 5) is 26.8. The zero-order valence-electron chi connectivity index (χ0n) is 18.4. The summed E-state index contributed by atoms with van der Waals surface area (Å²) in [5, 5.41) is 3.24. The number of halogens is 1. The number of aryl methyl sites for hydroxylation is 1. The predicted molar refractivity (Wildman–Crippen MR) is 125 cm³/mol. The number of hydrogen-bond acceptors (Lipinski definition) is 5. The summed E-state index contributed by atoms with van der Waals surface area (Å²) >= 11 is 6.23. The van der Waals surface area contributed by atoms with Crippen LogP contribution in [0.4, 0.5) is 0 Å². The molecule has 0 aromatic heterocycles. The molecule has 1 aliphatic heterocycles. The number of ether oxygens (including phenoxy) is 1. The smallest absolute Gasteiger partial charge is 0.241 e. The van der Waals surface area contributed by atoms with Crippen LogP contribution in [-0.4, -0.2) is 57.5 Å². The second-order valence-electron chi connectivity index (χ2n) is 7.92. The van der Waals surface area contributed by atoms with Crippen LogP contribution in [0, 0.1) is 6.92 Å². The zero-order chi connectivity index (χ0) is 23.8. The summed E-state index contributed by atoms with van der Waals surface area (Å²) in [6, 6.07) is 13.3. The fraction of sp³-hybridized carbons (Fsp3) is 0.391. The van der Waals surface area contributed by atoms with Crippen LogP contribution in [0.1, 0.15) is 24.0 Å². The minimum absolute atomic E-state index is 0.0250. The molecule has 178 valence electrons. The van der Waals surface area contributed by atoms with Crippen LogP contribution in [0.25, 0.3) is 0 Å². The lowest BCUT2D eigenvalue weighted by molar-refractivity contribution is -0.135. The lowest BCUT2D eigenvalue weighted by Gasteiger charge is -2.23. The maximum Gasteiger partial charge on any atom is 0.241 e. The molecule has 1 atom stereocenters. The molecule has 1 heterocycles. The average Bonchev–Trinajstić information content (AvgIpc) is 3.31. The molecule has 3 rings (SSSR count). The highest BCUT2D eigenvalue weighted by Crippen LogP contribution is 2.17. The molecule has 1 saturated heterocycles. The molecule has 10 heteroatoms. The van der Waals surface area contributed by atoms with Crippen molar-refractivity contribution in [3.63, 3.8) is 0 Å². The molecule has 0 unspecified atom stereocenters. The number of carbonyl (C=O) groups is 2. The highest BCUT2D eigenvalue weighted by Gasteiger charge is 2.23. The van der Waals surface area contributed by atoms with Crippen LogP contribution in [0.3, 0.4) is 0 Å². The third kappa shape index (κ3) is 7.53. The molecular formula is C23H28ClN3O5S. The quantitative estimate of drug-likeness (QED) is 0.528. The van der Waals surface area contributed by atoms with Gasteiger partial charge in [0.05, 0.1) is 24.1 Å². The van der Waals surface area contributed by atoms with Crippen molar-refractivity contribution in [1.29, 1.82) is 0 Å². The van der Waals surface area contributed by atoms with E-state index in [1.165, 1.54) is 17.0 Å². The van der Waals surface area contributed by atoms with E-state index in [4.69, 9.17) is 16.3 Å². The number of nitrogens with zero attached hydrogens (tertiary/aromatic N) is 1. The normalized spacial score (nSPS) is 15.9. The van der Waals surface area contributed by atoms with E-state index in [0.717, 1.165) is 18.4 Å². The Labute approximate surface area is 199 Å². The molecule has 0 radical (unpaired) electrons. The molecule has 2 aromatic rings. The molecule has 0 bridgehead atoms. The van der Waals surface area contributed by atoms with Gasteiger partial charge in [0, 0.05) is 24.7 Å². The van der Waals surface area contributed by atoms with E-state index in [2.05, 4.69) is 10.0 Å². The van der Waals surface area contributed by atoms with Crippen LogP contribution in [0.2, 0.25) is 5.02 Å². The Morgan fingerprint density at radius 3 is 2.55 bits per heavy atom. The van der Waals surface area contributed by atoms with E-state index in [1.807, 2.05) is 6.92 Å². The van der Waals surface area contributed by atoms with Crippen molar-refractivity contribution >= 4 is 33.4 Å². The van der Waals surface area contributed by atoms with E-state index >= 15 is 0 Å². The molecule has 8 nitrogen and oxygen atoms in total. The Morgan fingerprint density at radius 1 is 1.15 bits per heavy atom. The van der Waals surface area contributed by atoms with Gasteiger partial charge < -0.3 is 15.0 Å². The average molecular weight is 494 g/mol. The maximum atomic E-state index is 12.9. The van der Waals surface area contributed by atoms with E-state index < -0.39 is 22.5 Å². The van der Waals surface area contributed by atoms with Gasteiger partial charge in [0.2, 0.25) is 21.8 Å². The largest absolute Gasteiger partial charge is 0.376 e. The fourth-order valence-corrected chi connectivity index (χ4v) is 4.57. The molecule has 1 fully saturated rings. The second kappa shape index (κ2) is 11.6. The third-order valence-corrected chi connectivity index (χ3v) is 7.09. The van der Waals surface area contributed by atoms with Crippen LogP contribution in [-0.2, 0) is 30.9 Å². The highest BCUT2D eigenvalue weighted by atomic mass is 35.5. The molecule has 2 N–H and O–H groups in total. The Kier molecular flexibility index (Phi) is 8.85. The number of carbonyl (C=O) groups excluding carboxylic acids is 2. The summed E-state index contributed by atoms with van der Waals surface area (Å²) < 4.78 is 32.9. The standard InChI is InChI=1S/C23H28ClN3O5S/c1-17-8-10-20(11-9-17)33(30,31)26-14-23(29)27(15-18-5-2-3-7-21(18)24)16-22(28)25-13-19-6-4-12-32-19/h2-3,5,7-11,19,26H,4,6,12-16H2,1H3,(H,25,28)/t19-/m0/s1. The number of hydrogen-bond donors (Lipinski definition) is 2. The van der Waals surface area contributed by atoms with Crippen molar-refractivity contribution in [2.45, 2.75) is 37.3 Å². The molecule has 2 amide bonds. The van der Waals surface area contributed by atoms with E-state index in [1.54, 1.807) is 36.4 Å². The van der Waals surface area contributed by atoms with Crippen molar-refractivity contribution in [3.05, 3.63) is 64.7 Å². The number of benzene rings is 2. The molecular weight excluding hydrogens is 466 g/mol. The first-order valence-corrected chi connectivity index (χ1v) is 12.6.